The van der Waals surface area contributed by atoms with Crippen molar-refractivity contribution < 1.29 is 9.59 Å². The van der Waals surface area contributed by atoms with E-state index in [-0.39, 0.29) is 24.8 Å². The highest BCUT2D eigenvalue weighted by Gasteiger charge is 2.09. The maximum atomic E-state index is 12.0. The molecule has 132 valence electrons. The molecule has 0 aliphatic rings. The van der Waals surface area contributed by atoms with Crippen LogP contribution in [0.1, 0.15) is 22.3 Å². The number of hydrogen-bond acceptors (Lipinski definition) is 3. The summed E-state index contributed by atoms with van der Waals surface area (Å²) in [5.41, 5.74) is 4.90. The fraction of sp³-hybridized carbons (Fsp3) is 0.105. The van der Waals surface area contributed by atoms with Gasteiger partial charge in [0.15, 0.2) is 0 Å². The number of nitrogens with one attached hydrogen (secondary N) is 3. The number of rotatable bonds is 6. The summed E-state index contributed by atoms with van der Waals surface area (Å²) in [6.45, 7) is 0.231. The zero-order valence-electron chi connectivity index (χ0n) is 13.8. The normalized spacial score (nSPS) is 11.0. The van der Waals surface area contributed by atoms with Crippen molar-refractivity contribution in [2.24, 2.45) is 5.10 Å². The van der Waals surface area contributed by atoms with Crippen molar-refractivity contribution in [2.75, 3.05) is 6.54 Å². The Labute approximate surface area is 158 Å². The number of benzene rings is 2. The Morgan fingerprint density at radius 3 is 2.73 bits per heavy atom. The summed E-state index contributed by atoms with van der Waals surface area (Å²) in [7, 11) is 0. The smallest absolute Gasteiger partial charge is 0.252 e. The van der Waals surface area contributed by atoms with Crippen molar-refractivity contribution in [3.63, 3.8) is 0 Å². The summed E-state index contributed by atoms with van der Waals surface area (Å²) in [4.78, 5) is 27.0. The van der Waals surface area contributed by atoms with Gasteiger partial charge in [0.2, 0.25) is 5.91 Å². The summed E-state index contributed by atoms with van der Waals surface area (Å²) in [6, 6.07) is 15.0. The molecule has 2 amide bonds. The van der Waals surface area contributed by atoms with Crippen LogP contribution in [0.2, 0.25) is 0 Å². The van der Waals surface area contributed by atoms with Crippen molar-refractivity contribution in [3.05, 3.63) is 70.3 Å². The van der Waals surface area contributed by atoms with Gasteiger partial charge in [0, 0.05) is 40.1 Å². The average molecular weight is 413 g/mol. The summed E-state index contributed by atoms with van der Waals surface area (Å²) >= 11 is 3.33. The molecule has 0 fully saturated rings. The molecular formula is C19H17BrN4O2. The van der Waals surface area contributed by atoms with Gasteiger partial charge in [0.25, 0.3) is 5.91 Å². The summed E-state index contributed by atoms with van der Waals surface area (Å²) in [6.07, 6.45) is 3.57. The second-order valence-corrected chi connectivity index (χ2v) is 6.42. The van der Waals surface area contributed by atoms with E-state index in [0.29, 0.717) is 10.0 Å². The van der Waals surface area contributed by atoms with Gasteiger partial charge >= 0.3 is 0 Å². The van der Waals surface area contributed by atoms with Gasteiger partial charge in [-0.1, -0.05) is 30.3 Å². The lowest BCUT2D eigenvalue weighted by Gasteiger charge is -2.06. The first-order chi connectivity index (χ1) is 12.6. The first kappa shape index (κ1) is 17.9. The monoisotopic (exact) mass is 412 g/mol. The number of carbonyl (C=O) groups excluding carboxylic acids is 2. The number of nitrogens with zero attached hydrogens (tertiary/aromatic N) is 1. The number of amides is 2. The van der Waals surface area contributed by atoms with E-state index in [1.807, 2.05) is 36.5 Å². The molecule has 2 aromatic carbocycles. The standard InChI is InChI=1S/C19H17BrN4O2/c20-16-7-3-1-6-15(16)19(26)21-10-9-18(25)24-23-12-13-11-22-17-8-4-2-5-14(13)17/h1-8,11-12,22H,9-10H2,(H,21,26)(H,24,25). The van der Waals surface area contributed by atoms with E-state index in [2.05, 4.69) is 36.8 Å². The van der Waals surface area contributed by atoms with Crippen molar-refractivity contribution >= 4 is 44.9 Å². The molecular weight excluding hydrogens is 396 g/mol. The number of fused-ring (bicyclic) bond motifs is 1. The van der Waals surface area contributed by atoms with Gasteiger partial charge in [-0.15, -0.1) is 0 Å². The number of para-hydroxylation sites is 1. The Bertz CT molecular complexity index is 965. The maximum absolute atomic E-state index is 12.0. The van der Waals surface area contributed by atoms with E-state index in [4.69, 9.17) is 0 Å². The molecule has 7 heteroatoms. The molecule has 0 saturated carbocycles. The second kappa shape index (κ2) is 8.44. The van der Waals surface area contributed by atoms with Crippen molar-refractivity contribution in [1.82, 2.24) is 15.7 Å². The molecule has 0 saturated heterocycles. The number of carbonyl (C=O) groups is 2. The van der Waals surface area contributed by atoms with Crippen molar-refractivity contribution in [1.29, 1.82) is 0 Å². The molecule has 0 spiro atoms. The van der Waals surface area contributed by atoms with Gasteiger partial charge in [-0.3, -0.25) is 9.59 Å². The van der Waals surface area contributed by atoms with E-state index in [0.717, 1.165) is 16.5 Å². The summed E-state index contributed by atoms with van der Waals surface area (Å²) < 4.78 is 0.713. The fourth-order valence-corrected chi connectivity index (χ4v) is 2.93. The van der Waals surface area contributed by atoms with E-state index in [1.165, 1.54) is 0 Å². The third-order valence-corrected chi connectivity index (χ3v) is 4.46. The SMILES string of the molecule is O=C(CCNC(=O)c1ccccc1Br)NN=Cc1c[nH]c2ccccc12. The van der Waals surface area contributed by atoms with Gasteiger partial charge in [-0.2, -0.15) is 5.10 Å². The number of halogens is 1. The molecule has 3 aromatic rings. The van der Waals surface area contributed by atoms with E-state index in [1.54, 1.807) is 24.4 Å². The lowest BCUT2D eigenvalue weighted by molar-refractivity contribution is -0.120. The van der Waals surface area contributed by atoms with Gasteiger partial charge in [0.05, 0.1) is 11.8 Å². The molecule has 1 heterocycles. The molecule has 0 bridgehead atoms. The zero-order chi connectivity index (χ0) is 18.4. The molecule has 0 atom stereocenters. The minimum Gasteiger partial charge on any atom is -0.361 e. The first-order valence-electron chi connectivity index (χ1n) is 8.06. The van der Waals surface area contributed by atoms with E-state index < -0.39 is 0 Å². The third-order valence-electron chi connectivity index (χ3n) is 3.77. The fourth-order valence-electron chi connectivity index (χ4n) is 2.46. The Morgan fingerprint density at radius 2 is 1.88 bits per heavy atom. The van der Waals surface area contributed by atoms with Crippen LogP contribution in [0.25, 0.3) is 10.9 Å². The Kier molecular flexibility index (Phi) is 5.80. The van der Waals surface area contributed by atoms with Crippen LogP contribution in [0, 0.1) is 0 Å². The molecule has 0 aliphatic heterocycles. The van der Waals surface area contributed by atoms with Crippen LogP contribution in [0.3, 0.4) is 0 Å². The molecule has 0 unspecified atom stereocenters. The zero-order valence-corrected chi connectivity index (χ0v) is 15.4. The molecule has 26 heavy (non-hydrogen) atoms. The Morgan fingerprint density at radius 1 is 1.12 bits per heavy atom. The molecule has 6 nitrogen and oxygen atoms in total. The predicted molar refractivity (Wildman–Crippen MR) is 105 cm³/mol. The number of aromatic nitrogens is 1. The van der Waals surface area contributed by atoms with Crippen molar-refractivity contribution in [3.8, 4) is 0 Å². The van der Waals surface area contributed by atoms with Crippen LogP contribution in [0.5, 0.6) is 0 Å². The largest absolute Gasteiger partial charge is 0.361 e. The predicted octanol–water partition coefficient (Wildman–Crippen LogP) is 3.20. The molecule has 3 N–H and O–H groups in total. The van der Waals surface area contributed by atoms with Gasteiger partial charge in [0.1, 0.15) is 0 Å². The molecule has 3 rings (SSSR count). The Balaban J connectivity index is 1.46. The lowest BCUT2D eigenvalue weighted by atomic mass is 10.2. The number of aromatic amines is 1. The van der Waals surface area contributed by atoms with Crippen LogP contribution < -0.4 is 10.7 Å². The molecule has 0 aliphatic carbocycles. The molecule has 1 aromatic heterocycles. The van der Waals surface area contributed by atoms with Crippen molar-refractivity contribution in [2.45, 2.75) is 6.42 Å². The van der Waals surface area contributed by atoms with E-state index in [9.17, 15) is 9.59 Å². The number of H-pyrrole nitrogens is 1. The molecule has 0 radical (unpaired) electrons. The minimum absolute atomic E-state index is 0.140. The summed E-state index contributed by atoms with van der Waals surface area (Å²) in [5.74, 6) is -0.499. The highest BCUT2D eigenvalue weighted by Crippen LogP contribution is 2.16. The number of hydrogen-bond donors (Lipinski definition) is 3. The first-order valence-corrected chi connectivity index (χ1v) is 8.85. The lowest BCUT2D eigenvalue weighted by Crippen LogP contribution is -2.29. The van der Waals surface area contributed by atoms with Crippen LogP contribution in [-0.2, 0) is 4.79 Å². The van der Waals surface area contributed by atoms with E-state index >= 15 is 0 Å². The minimum atomic E-state index is -0.270. The Hall–Kier alpha value is -2.93. The second-order valence-electron chi connectivity index (χ2n) is 5.57. The highest BCUT2D eigenvalue weighted by atomic mass is 79.9. The quantitative estimate of drug-likeness (QED) is 0.428. The third kappa shape index (κ3) is 4.37. The van der Waals surface area contributed by atoms with Gasteiger partial charge in [-0.05, 0) is 34.1 Å². The van der Waals surface area contributed by atoms with Crippen LogP contribution >= 0.6 is 15.9 Å². The van der Waals surface area contributed by atoms with Crippen LogP contribution in [-0.4, -0.2) is 29.6 Å². The topological polar surface area (TPSA) is 86.3 Å². The average Bonchev–Trinajstić information content (AvgIpc) is 3.05. The highest BCUT2D eigenvalue weighted by molar-refractivity contribution is 9.10. The maximum Gasteiger partial charge on any atom is 0.252 e. The summed E-state index contributed by atoms with van der Waals surface area (Å²) in [5, 5.41) is 7.71. The van der Waals surface area contributed by atoms with Crippen LogP contribution in [0.15, 0.2) is 64.3 Å². The van der Waals surface area contributed by atoms with Crippen LogP contribution in [0.4, 0.5) is 0 Å². The number of hydrazone groups is 1. The van der Waals surface area contributed by atoms with Gasteiger partial charge in [-0.25, -0.2) is 5.43 Å². The van der Waals surface area contributed by atoms with Gasteiger partial charge < -0.3 is 10.3 Å².